The van der Waals surface area contributed by atoms with Crippen molar-refractivity contribution in [1.29, 1.82) is 0 Å². The molecule has 5 rings (SSSR count). The second-order valence-electron chi connectivity index (χ2n) is 8.98. The third-order valence-electron chi connectivity index (χ3n) is 6.26. The topological polar surface area (TPSA) is 78.3 Å². The number of ether oxygens (including phenoxy) is 2. The summed E-state index contributed by atoms with van der Waals surface area (Å²) < 4.78 is 13.6. The SMILES string of the molecule is COCn1nc(-c2ccccc2)cc1-c1c(OCc2ccccc2)cccc1C(=O)NCCc1ccccn1. The van der Waals surface area contributed by atoms with Gasteiger partial charge in [0.25, 0.3) is 5.91 Å². The van der Waals surface area contributed by atoms with Crippen molar-refractivity contribution in [3.8, 4) is 28.3 Å². The number of carbonyl (C=O) groups is 1. The number of methoxy groups -OCH3 is 1. The highest BCUT2D eigenvalue weighted by Crippen LogP contribution is 2.36. The molecule has 1 amide bonds. The normalized spacial score (nSPS) is 10.8. The van der Waals surface area contributed by atoms with Crippen molar-refractivity contribution in [2.45, 2.75) is 19.8 Å². The molecule has 0 aliphatic carbocycles. The van der Waals surface area contributed by atoms with E-state index in [4.69, 9.17) is 14.6 Å². The Morgan fingerprint density at radius 3 is 2.41 bits per heavy atom. The fourth-order valence-corrected chi connectivity index (χ4v) is 4.37. The van der Waals surface area contributed by atoms with Gasteiger partial charge in [0.05, 0.1) is 22.5 Å². The summed E-state index contributed by atoms with van der Waals surface area (Å²) in [5.41, 5.74) is 5.59. The van der Waals surface area contributed by atoms with E-state index in [0.29, 0.717) is 36.4 Å². The van der Waals surface area contributed by atoms with Gasteiger partial charge < -0.3 is 14.8 Å². The summed E-state index contributed by atoms with van der Waals surface area (Å²) in [5, 5.41) is 7.86. The third kappa shape index (κ3) is 6.40. The summed E-state index contributed by atoms with van der Waals surface area (Å²) >= 11 is 0. The van der Waals surface area contributed by atoms with E-state index in [9.17, 15) is 4.79 Å². The number of hydrogen-bond donors (Lipinski definition) is 1. The van der Waals surface area contributed by atoms with E-state index >= 15 is 0 Å². The van der Waals surface area contributed by atoms with Crippen LogP contribution in [-0.4, -0.2) is 34.3 Å². The molecule has 0 aliphatic rings. The fraction of sp³-hybridized carbons (Fsp3) is 0.156. The van der Waals surface area contributed by atoms with Gasteiger partial charge in [0, 0.05) is 37.5 Å². The minimum absolute atomic E-state index is 0.197. The van der Waals surface area contributed by atoms with Gasteiger partial charge in [-0.1, -0.05) is 72.8 Å². The molecule has 0 fully saturated rings. The lowest BCUT2D eigenvalue weighted by atomic mass is 10.0. The molecule has 0 saturated carbocycles. The second kappa shape index (κ2) is 12.7. The molecule has 0 spiro atoms. The number of carbonyl (C=O) groups excluding carboxylic acids is 1. The first-order chi connectivity index (χ1) is 19.2. The zero-order chi connectivity index (χ0) is 26.9. The van der Waals surface area contributed by atoms with Crippen molar-refractivity contribution in [2.75, 3.05) is 13.7 Å². The van der Waals surface area contributed by atoms with Crippen LogP contribution in [0.3, 0.4) is 0 Å². The number of nitrogens with zero attached hydrogens (tertiary/aromatic N) is 3. The molecule has 0 bridgehead atoms. The lowest BCUT2D eigenvalue weighted by molar-refractivity contribution is 0.0953. The molecule has 3 aromatic carbocycles. The second-order valence-corrected chi connectivity index (χ2v) is 8.98. The Balaban J connectivity index is 1.52. The molecule has 7 nitrogen and oxygen atoms in total. The standard InChI is InChI=1S/C32H30N4O3/c1-38-23-36-29(21-28(35-36)25-13-6-3-7-14-25)31-27(32(37)34-20-18-26-15-8-9-19-33-26)16-10-17-30(31)39-22-24-11-4-2-5-12-24/h2-17,19,21H,18,20,22-23H2,1H3,(H,34,37). The molecular weight excluding hydrogens is 488 g/mol. The minimum Gasteiger partial charge on any atom is -0.488 e. The molecular formula is C32H30N4O3. The van der Waals surface area contributed by atoms with Gasteiger partial charge >= 0.3 is 0 Å². The predicted molar refractivity (Wildman–Crippen MR) is 151 cm³/mol. The summed E-state index contributed by atoms with van der Waals surface area (Å²) in [6.07, 6.45) is 2.38. The number of aromatic nitrogens is 3. The molecule has 7 heteroatoms. The Bertz CT molecular complexity index is 1500. The van der Waals surface area contributed by atoms with Gasteiger partial charge in [-0.05, 0) is 35.9 Å². The highest BCUT2D eigenvalue weighted by atomic mass is 16.5. The third-order valence-corrected chi connectivity index (χ3v) is 6.26. The Morgan fingerprint density at radius 2 is 1.67 bits per heavy atom. The van der Waals surface area contributed by atoms with Crippen LogP contribution in [-0.2, 0) is 24.5 Å². The average molecular weight is 519 g/mol. The van der Waals surface area contributed by atoms with Gasteiger partial charge in [0.1, 0.15) is 19.1 Å². The summed E-state index contributed by atoms with van der Waals surface area (Å²) in [6, 6.07) is 33.2. The number of amides is 1. The van der Waals surface area contributed by atoms with Gasteiger partial charge in [0.15, 0.2) is 0 Å². The number of benzene rings is 3. The Morgan fingerprint density at radius 1 is 0.897 bits per heavy atom. The van der Waals surface area contributed by atoms with Crippen LogP contribution in [0.1, 0.15) is 21.6 Å². The molecule has 0 saturated heterocycles. The van der Waals surface area contributed by atoms with E-state index < -0.39 is 0 Å². The maximum absolute atomic E-state index is 13.6. The zero-order valence-corrected chi connectivity index (χ0v) is 21.8. The van der Waals surface area contributed by atoms with E-state index in [-0.39, 0.29) is 12.6 Å². The predicted octanol–water partition coefficient (Wildman–Crippen LogP) is 5.77. The molecule has 2 aromatic heterocycles. The molecule has 0 atom stereocenters. The molecule has 5 aromatic rings. The lowest BCUT2D eigenvalue weighted by Crippen LogP contribution is -2.26. The molecule has 39 heavy (non-hydrogen) atoms. The first kappa shape index (κ1) is 25.9. The molecule has 0 radical (unpaired) electrons. The molecule has 1 N–H and O–H groups in total. The van der Waals surface area contributed by atoms with Crippen LogP contribution >= 0.6 is 0 Å². The average Bonchev–Trinajstić information content (AvgIpc) is 3.41. The van der Waals surface area contributed by atoms with Crippen LogP contribution < -0.4 is 10.1 Å². The maximum Gasteiger partial charge on any atom is 0.252 e. The Hall–Kier alpha value is -4.75. The fourth-order valence-electron chi connectivity index (χ4n) is 4.37. The number of rotatable bonds is 11. The van der Waals surface area contributed by atoms with Gasteiger partial charge in [-0.25, -0.2) is 4.68 Å². The van der Waals surface area contributed by atoms with Gasteiger partial charge in [-0.3, -0.25) is 9.78 Å². The zero-order valence-electron chi connectivity index (χ0n) is 21.8. The summed E-state index contributed by atoms with van der Waals surface area (Å²) in [6.45, 7) is 1.04. The van der Waals surface area contributed by atoms with Crippen LogP contribution in [0.5, 0.6) is 5.75 Å². The number of hydrogen-bond acceptors (Lipinski definition) is 5. The van der Waals surface area contributed by atoms with E-state index in [2.05, 4.69) is 10.3 Å². The smallest absolute Gasteiger partial charge is 0.252 e. The Kier molecular flexibility index (Phi) is 8.41. The van der Waals surface area contributed by atoms with Crippen molar-refractivity contribution in [3.05, 3.63) is 126 Å². The lowest BCUT2D eigenvalue weighted by Gasteiger charge is -2.17. The molecule has 0 unspecified atom stereocenters. The Labute approximate surface area is 228 Å². The quantitative estimate of drug-likeness (QED) is 0.240. The first-order valence-electron chi connectivity index (χ1n) is 12.8. The van der Waals surface area contributed by atoms with Crippen LogP contribution in [0.15, 0.2) is 109 Å². The van der Waals surface area contributed by atoms with Gasteiger partial charge in [-0.15, -0.1) is 0 Å². The van der Waals surface area contributed by atoms with Crippen LogP contribution in [0.2, 0.25) is 0 Å². The molecule has 2 heterocycles. The van der Waals surface area contributed by atoms with E-state index in [1.54, 1.807) is 18.0 Å². The van der Waals surface area contributed by atoms with Gasteiger partial charge in [0.2, 0.25) is 0 Å². The van der Waals surface area contributed by atoms with Crippen molar-refractivity contribution >= 4 is 5.91 Å². The van der Waals surface area contributed by atoms with Crippen LogP contribution in [0.4, 0.5) is 0 Å². The highest BCUT2D eigenvalue weighted by molar-refractivity contribution is 6.02. The van der Waals surface area contributed by atoms with Crippen LogP contribution in [0, 0.1) is 0 Å². The van der Waals surface area contributed by atoms with Crippen molar-refractivity contribution < 1.29 is 14.3 Å². The van der Waals surface area contributed by atoms with Crippen molar-refractivity contribution in [2.24, 2.45) is 0 Å². The number of nitrogens with one attached hydrogen (secondary N) is 1. The summed E-state index contributed by atoms with van der Waals surface area (Å²) in [4.78, 5) is 17.9. The monoisotopic (exact) mass is 518 g/mol. The van der Waals surface area contributed by atoms with Crippen molar-refractivity contribution in [1.82, 2.24) is 20.1 Å². The van der Waals surface area contributed by atoms with Crippen LogP contribution in [0.25, 0.3) is 22.5 Å². The van der Waals surface area contributed by atoms with E-state index in [1.165, 1.54) is 0 Å². The first-order valence-corrected chi connectivity index (χ1v) is 12.8. The largest absolute Gasteiger partial charge is 0.488 e. The minimum atomic E-state index is -0.197. The van der Waals surface area contributed by atoms with E-state index in [0.717, 1.165) is 28.2 Å². The molecule has 196 valence electrons. The number of pyridine rings is 1. The summed E-state index contributed by atoms with van der Waals surface area (Å²) in [7, 11) is 1.62. The highest BCUT2D eigenvalue weighted by Gasteiger charge is 2.22. The maximum atomic E-state index is 13.6. The van der Waals surface area contributed by atoms with Crippen molar-refractivity contribution in [3.63, 3.8) is 0 Å². The summed E-state index contributed by atoms with van der Waals surface area (Å²) in [5.74, 6) is 0.394. The molecule has 0 aliphatic heterocycles. The van der Waals surface area contributed by atoms with Gasteiger partial charge in [-0.2, -0.15) is 5.10 Å². The van der Waals surface area contributed by atoms with E-state index in [1.807, 2.05) is 103 Å².